The Morgan fingerprint density at radius 3 is 2.59 bits per heavy atom. The highest BCUT2D eigenvalue weighted by Gasteiger charge is 2.60. The van der Waals surface area contributed by atoms with Gasteiger partial charge in [0, 0.05) is 23.3 Å². The number of Topliss-reactive ketones (excluding diaryl/α,β-unsaturated/α-hetero) is 1. The van der Waals surface area contributed by atoms with E-state index in [4.69, 9.17) is 13.0 Å². The predicted octanol–water partition coefficient (Wildman–Crippen LogP) is 4.05. The number of fused-ring (bicyclic) bond motifs is 3. The Balaban J connectivity index is 1.79. The number of allylic oxidation sites excluding steroid dienone is 4. The van der Waals surface area contributed by atoms with Gasteiger partial charge in [0.2, 0.25) is 5.70 Å². The number of likely N-dealkylation sites (tertiary alicyclic amines) is 1. The largest absolute Gasteiger partial charge is 0.307 e. The molecule has 1 saturated carbocycles. The second-order valence-corrected chi connectivity index (χ2v) is 10.2. The van der Waals surface area contributed by atoms with Crippen LogP contribution in [0.5, 0.6) is 0 Å². The smallest absolute Gasteiger partial charge is 0.226 e. The van der Waals surface area contributed by atoms with Gasteiger partial charge in [-0.05, 0) is 62.8 Å². The van der Waals surface area contributed by atoms with Gasteiger partial charge in [-0.15, -0.1) is 6.42 Å². The monoisotopic (exact) mass is 390 g/mol. The van der Waals surface area contributed by atoms with E-state index in [0.29, 0.717) is 6.42 Å². The highest BCUT2D eigenvalue weighted by molar-refractivity contribution is 6.03. The van der Waals surface area contributed by atoms with Gasteiger partial charge in [-0.3, -0.25) is 4.79 Å². The van der Waals surface area contributed by atoms with Gasteiger partial charge < -0.3 is 9.69 Å². The van der Waals surface area contributed by atoms with Crippen molar-refractivity contribution in [3.8, 4) is 12.3 Å². The van der Waals surface area contributed by atoms with Crippen LogP contribution in [0.3, 0.4) is 0 Å². The number of carbonyl (C=O) groups is 2. The lowest BCUT2D eigenvalue weighted by Crippen LogP contribution is -2.55. The molecule has 29 heavy (non-hydrogen) atoms. The van der Waals surface area contributed by atoms with E-state index in [1.807, 2.05) is 19.9 Å². The van der Waals surface area contributed by atoms with Crippen molar-refractivity contribution in [3.63, 3.8) is 0 Å². The zero-order chi connectivity index (χ0) is 21.0. The number of nitrogens with zero attached hydrogens (tertiary/aromatic N) is 2. The lowest BCUT2D eigenvalue weighted by atomic mass is 9.44. The minimum absolute atomic E-state index is 0.0451. The van der Waals surface area contributed by atoms with Crippen molar-refractivity contribution in [1.29, 1.82) is 0 Å². The fourth-order valence-electron chi connectivity index (χ4n) is 6.67. The number of carbonyl (C=O) groups excluding carboxylic acids is 2. The van der Waals surface area contributed by atoms with Gasteiger partial charge in [0.1, 0.15) is 0 Å². The maximum absolute atomic E-state index is 13.2. The van der Waals surface area contributed by atoms with Gasteiger partial charge in [-0.1, -0.05) is 32.8 Å². The zero-order valence-electron chi connectivity index (χ0n) is 17.8. The molecule has 4 aliphatic rings. The molecule has 152 valence electrons. The molecule has 0 aromatic rings. The zero-order valence-corrected chi connectivity index (χ0v) is 17.8. The van der Waals surface area contributed by atoms with E-state index in [1.165, 1.54) is 12.8 Å². The average molecular weight is 391 g/mol. The summed E-state index contributed by atoms with van der Waals surface area (Å²) < 4.78 is 0. The molecule has 0 aromatic carbocycles. The number of hydrogen-bond donors (Lipinski definition) is 0. The van der Waals surface area contributed by atoms with Gasteiger partial charge in [-0.25, -0.2) is 4.85 Å². The van der Waals surface area contributed by atoms with E-state index >= 15 is 0 Å². The summed E-state index contributed by atoms with van der Waals surface area (Å²) in [4.78, 5) is 32.0. The highest BCUT2D eigenvalue weighted by atomic mass is 16.1. The first-order valence-electron chi connectivity index (χ1n) is 10.8. The molecule has 4 atom stereocenters. The van der Waals surface area contributed by atoms with Crippen molar-refractivity contribution in [2.45, 2.75) is 52.9 Å². The lowest BCUT2D eigenvalue weighted by molar-refractivity contribution is -0.130. The van der Waals surface area contributed by atoms with E-state index in [9.17, 15) is 9.59 Å². The summed E-state index contributed by atoms with van der Waals surface area (Å²) in [5.74, 6) is 3.15. The summed E-state index contributed by atoms with van der Waals surface area (Å²) >= 11 is 0. The second-order valence-electron chi connectivity index (χ2n) is 10.2. The molecular formula is C25H30N2O2. The molecule has 0 radical (unpaired) electrons. The van der Waals surface area contributed by atoms with Crippen LogP contribution >= 0.6 is 0 Å². The maximum atomic E-state index is 13.2. The first kappa shape index (κ1) is 20.1. The van der Waals surface area contributed by atoms with Crippen LogP contribution in [0, 0.1) is 47.0 Å². The van der Waals surface area contributed by atoms with Crippen LogP contribution in [-0.2, 0) is 9.59 Å². The number of terminal acetylenes is 1. The van der Waals surface area contributed by atoms with Crippen LogP contribution in [0.4, 0.5) is 0 Å². The first-order valence-corrected chi connectivity index (χ1v) is 10.8. The van der Waals surface area contributed by atoms with Gasteiger partial charge in [0.05, 0.1) is 12.0 Å². The first-order chi connectivity index (χ1) is 13.7. The Hall–Kier alpha value is -2.17. The standard InChI is InChI=1S/C25H30N2O2/c1-6-25-10-9-20-23(2,3)22(29)18(26-5)15-24(20,4)21(25)13-19(28)17(14-25)16-27-11-7-8-12-27/h1,13,15,17,20H,7-12,14,16H2,2-4H3. The number of rotatable bonds is 2. The van der Waals surface area contributed by atoms with Gasteiger partial charge in [0.15, 0.2) is 11.6 Å². The third kappa shape index (κ3) is 2.84. The van der Waals surface area contributed by atoms with E-state index in [-0.39, 0.29) is 29.1 Å². The molecule has 0 N–H and O–H groups in total. The van der Waals surface area contributed by atoms with Gasteiger partial charge in [0.25, 0.3) is 0 Å². The Kier molecular flexibility index (Phi) is 4.63. The summed E-state index contributed by atoms with van der Waals surface area (Å²) in [6, 6.07) is 0. The van der Waals surface area contributed by atoms with E-state index < -0.39 is 16.2 Å². The van der Waals surface area contributed by atoms with Crippen LogP contribution < -0.4 is 0 Å². The Labute approximate surface area is 174 Å². The van der Waals surface area contributed by atoms with Crippen LogP contribution in [0.15, 0.2) is 23.4 Å². The maximum Gasteiger partial charge on any atom is 0.226 e. The van der Waals surface area contributed by atoms with Gasteiger partial charge in [-0.2, -0.15) is 0 Å². The predicted molar refractivity (Wildman–Crippen MR) is 112 cm³/mol. The molecule has 2 fully saturated rings. The molecule has 4 rings (SSSR count). The Morgan fingerprint density at radius 2 is 1.97 bits per heavy atom. The molecule has 0 bridgehead atoms. The Morgan fingerprint density at radius 1 is 1.28 bits per heavy atom. The molecule has 4 unspecified atom stereocenters. The van der Waals surface area contributed by atoms with Crippen LogP contribution in [-0.4, -0.2) is 36.1 Å². The average Bonchev–Trinajstić information content (AvgIpc) is 3.19. The fourth-order valence-corrected chi connectivity index (χ4v) is 6.67. The summed E-state index contributed by atoms with van der Waals surface area (Å²) in [6.45, 7) is 16.4. The Bertz CT molecular complexity index is 906. The quantitative estimate of drug-likeness (QED) is 0.528. The highest BCUT2D eigenvalue weighted by Crippen LogP contribution is 2.64. The van der Waals surface area contributed by atoms with E-state index in [2.05, 4.69) is 22.6 Å². The number of hydrogen-bond acceptors (Lipinski definition) is 3. The molecular weight excluding hydrogens is 360 g/mol. The van der Waals surface area contributed by atoms with Crippen LogP contribution in [0.1, 0.15) is 52.9 Å². The second kappa shape index (κ2) is 6.68. The van der Waals surface area contributed by atoms with Crippen molar-refractivity contribution in [1.82, 2.24) is 4.90 Å². The molecule has 4 heteroatoms. The van der Waals surface area contributed by atoms with Crippen molar-refractivity contribution in [3.05, 3.63) is 34.8 Å². The normalized spacial score (nSPS) is 38.9. The topological polar surface area (TPSA) is 41.7 Å². The minimum Gasteiger partial charge on any atom is -0.307 e. The van der Waals surface area contributed by atoms with Crippen molar-refractivity contribution in [2.24, 2.45) is 28.1 Å². The molecule has 3 aliphatic carbocycles. The summed E-state index contributed by atoms with van der Waals surface area (Å²) in [6.07, 6.45) is 14.5. The van der Waals surface area contributed by atoms with E-state index in [1.54, 1.807) is 6.08 Å². The number of ketones is 2. The summed E-state index contributed by atoms with van der Waals surface area (Å²) in [7, 11) is 0. The lowest BCUT2D eigenvalue weighted by Gasteiger charge is -2.58. The van der Waals surface area contributed by atoms with Gasteiger partial charge >= 0.3 is 0 Å². The van der Waals surface area contributed by atoms with Crippen molar-refractivity contribution >= 4 is 11.6 Å². The van der Waals surface area contributed by atoms with Crippen LogP contribution in [0.2, 0.25) is 0 Å². The molecule has 1 aliphatic heterocycles. The molecule has 1 saturated heterocycles. The summed E-state index contributed by atoms with van der Waals surface area (Å²) in [5.41, 5.74) is -0.470. The summed E-state index contributed by atoms with van der Waals surface area (Å²) in [5, 5.41) is 0. The van der Waals surface area contributed by atoms with Crippen LogP contribution in [0.25, 0.3) is 4.85 Å². The molecule has 1 heterocycles. The van der Waals surface area contributed by atoms with Crippen molar-refractivity contribution < 1.29 is 9.59 Å². The van der Waals surface area contributed by atoms with Crippen molar-refractivity contribution in [2.75, 3.05) is 19.6 Å². The molecule has 4 nitrogen and oxygen atoms in total. The minimum atomic E-state index is -0.638. The third-order valence-corrected chi connectivity index (χ3v) is 8.16. The molecule has 0 amide bonds. The molecule has 0 spiro atoms. The molecule has 0 aromatic heterocycles. The SMILES string of the molecule is [C-]#[N+]C1=CC2(C)C3=CC(=O)C(CN4CCCC4)CC3(C#C)CCC2C(C)(C)C1=O. The van der Waals surface area contributed by atoms with E-state index in [0.717, 1.165) is 38.0 Å². The fraction of sp³-hybridized carbons (Fsp3) is 0.640. The third-order valence-electron chi connectivity index (χ3n) is 8.16.